The number of thioether (sulfide) groups is 1. The third-order valence-corrected chi connectivity index (χ3v) is 4.97. The predicted octanol–water partition coefficient (Wildman–Crippen LogP) is 4.58. The number of hydrogen-bond donors (Lipinski definition) is 1. The van der Waals surface area contributed by atoms with Gasteiger partial charge in [-0.05, 0) is 31.2 Å². The maximum Gasteiger partial charge on any atom is 0.234 e. The Bertz CT molecular complexity index is 764. The summed E-state index contributed by atoms with van der Waals surface area (Å²) < 4.78 is 5.33. The molecule has 3 rings (SSSR count). The first-order valence-corrected chi connectivity index (χ1v) is 9.17. The van der Waals surface area contributed by atoms with E-state index in [1.54, 1.807) is 29.4 Å². The monoisotopic (exact) mass is 344 g/mol. The average Bonchev–Trinajstić information content (AvgIpc) is 3.20. The molecule has 0 unspecified atom stereocenters. The van der Waals surface area contributed by atoms with Gasteiger partial charge in [0.15, 0.2) is 10.8 Å². The van der Waals surface area contributed by atoms with E-state index in [-0.39, 0.29) is 5.91 Å². The van der Waals surface area contributed by atoms with Crippen molar-refractivity contribution in [1.82, 2.24) is 4.98 Å². The van der Waals surface area contributed by atoms with E-state index in [1.165, 1.54) is 5.56 Å². The molecule has 0 spiro atoms. The Hall–Kier alpha value is -2.05. The van der Waals surface area contributed by atoms with Gasteiger partial charge in [0.05, 0.1) is 17.7 Å². The second-order valence-electron chi connectivity index (χ2n) is 5.03. The molecule has 0 saturated carbocycles. The molecule has 4 nitrogen and oxygen atoms in total. The van der Waals surface area contributed by atoms with Gasteiger partial charge in [-0.15, -0.1) is 23.1 Å². The number of carbonyl (C=O) groups is 1. The van der Waals surface area contributed by atoms with Gasteiger partial charge in [-0.3, -0.25) is 4.79 Å². The largest absolute Gasteiger partial charge is 0.462 e. The maximum atomic E-state index is 11.9. The van der Waals surface area contributed by atoms with Gasteiger partial charge in [0, 0.05) is 16.8 Å². The summed E-state index contributed by atoms with van der Waals surface area (Å²) in [6.07, 6.45) is 1.64. The number of nitrogens with zero attached hydrogens (tertiary/aromatic N) is 1. The lowest BCUT2D eigenvalue weighted by atomic mass is 10.2. The normalized spacial score (nSPS) is 10.7. The number of aromatic nitrogens is 1. The van der Waals surface area contributed by atoms with Crippen molar-refractivity contribution in [2.75, 3.05) is 11.1 Å². The maximum absolute atomic E-state index is 11.9. The van der Waals surface area contributed by atoms with Crippen LogP contribution < -0.4 is 5.32 Å². The molecule has 2 aromatic heterocycles. The third kappa shape index (κ3) is 4.46. The second-order valence-corrected chi connectivity index (χ2v) is 6.87. The highest BCUT2D eigenvalue weighted by atomic mass is 32.2. The number of rotatable bonds is 6. The van der Waals surface area contributed by atoms with Crippen LogP contribution in [0.15, 0.2) is 52.5 Å². The third-order valence-electron chi connectivity index (χ3n) is 3.10. The first-order valence-electron chi connectivity index (χ1n) is 7.13. The Morgan fingerprint density at radius 1 is 1.30 bits per heavy atom. The van der Waals surface area contributed by atoms with Crippen LogP contribution in [0.1, 0.15) is 11.3 Å². The molecular weight excluding hydrogens is 328 g/mol. The minimum absolute atomic E-state index is 0.000315. The molecule has 0 aliphatic heterocycles. The zero-order valence-electron chi connectivity index (χ0n) is 12.6. The van der Waals surface area contributed by atoms with Crippen LogP contribution in [0.2, 0.25) is 0 Å². The summed E-state index contributed by atoms with van der Waals surface area (Å²) in [6, 6.07) is 11.5. The molecule has 0 bridgehead atoms. The van der Waals surface area contributed by atoms with Crippen molar-refractivity contribution >= 4 is 34.7 Å². The topological polar surface area (TPSA) is 55.1 Å². The zero-order chi connectivity index (χ0) is 16.1. The Morgan fingerprint density at radius 3 is 2.87 bits per heavy atom. The van der Waals surface area contributed by atoms with Gasteiger partial charge in [0.2, 0.25) is 5.91 Å². The van der Waals surface area contributed by atoms with Gasteiger partial charge in [0.25, 0.3) is 0 Å². The number of amides is 1. The lowest BCUT2D eigenvalue weighted by molar-refractivity contribution is -0.113. The molecule has 0 aliphatic carbocycles. The van der Waals surface area contributed by atoms with Gasteiger partial charge in [-0.2, -0.15) is 0 Å². The van der Waals surface area contributed by atoms with Crippen LogP contribution >= 0.6 is 23.1 Å². The fourth-order valence-electron chi connectivity index (χ4n) is 1.97. The van der Waals surface area contributed by atoms with Crippen molar-refractivity contribution in [2.24, 2.45) is 0 Å². The van der Waals surface area contributed by atoms with Gasteiger partial charge in [0.1, 0.15) is 0 Å². The quantitative estimate of drug-likeness (QED) is 0.711. The van der Waals surface area contributed by atoms with E-state index < -0.39 is 0 Å². The van der Waals surface area contributed by atoms with Crippen LogP contribution in [-0.4, -0.2) is 16.6 Å². The molecule has 0 saturated heterocycles. The summed E-state index contributed by atoms with van der Waals surface area (Å²) in [5.41, 5.74) is 2.97. The molecule has 1 N–H and O–H groups in total. The number of hydrogen-bond acceptors (Lipinski definition) is 5. The molecule has 0 atom stereocenters. The summed E-state index contributed by atoms with van der Waals surface area (Å²) in [6.45, 7) is 2.02. The Balaban J connectivity index is 1.46. The highest BCUT2D eigenvalue weighted by molar-refractivity contribution is 7.99. The molecule has 23 heavy (non-hydrogen) atoms. The fourth-order valence-corrected chi connectivity index (χ4v) is 3.58. The van der Waals surface area contributed by atoms with Crippen LogP contribution in [0, 0.1) is 6.92 Å². The van der Waals surface area contributed by atoms with Gasteiger partial charge < -0.3 is 9.73 Å². The van der Waals surface area contributed by atoms with Crippen molar-refractivity contribution in [3.63, 3.8) is 0 Å². The molecule has 0 fully saturated rings. The van der Waals surface area contributed by atoms with Crippen molar-refractivity contribution in [2.45, 2.75) is 12.7 Å². The molecule has 1 aromatic carbocycles. The first kappa shape index (κ1) is 15.8. The smallest absolute Gasteiger partial charge is 0.234 e. The molecule has 118 valence electrons. The molecule has 0 radical (unpaired) electrons. The lowest BCUT2D eigenvalue weighted by Gasteiger charge is -2.04. The zero-order valence-corrected chi connectivity index (χ0v) is 14.2. The van der Waals surface area contributed by atoms with E-state index in [1.807, 2.05) is 48.7 Å². The number of thiazole rings is 1. The van der Waals surface area contributed by atoms with Gasteiger partial charge >= 0.3 is 0 Å². The minimum Gasteiger partial charge on any atom is -0.462 e. The predicted molar refractivity (Wildman–Crippen MR) is 95.8 cm³/mol. The molecule has 1 amide bonds. The van der Waals surface area contributed by atoms with Crippen LogP contribution in [0.5, 0.6) is 0 Å². The number of aryl methyl sites for hydroxylation is 1. The van der Waals surface area contributed by atoms with Crippen molar-refractivity contribution in [1.29, 1.82) is 0 Å². The summed E-state index contributed by atoms with van der Waals surface area (Å²) in [4.78, 5) is 16.4. The minimum atomic E-state index is 0.000315. The summed E-state index contributed by atoms with van der Waals surface area (Å²) in [5, 5.41) is 5.76. The molecule has 6 heteroatoms. The molecular formula is C17H16N2O2S2. The highest BCUT2D eigenvalue weighted by Crippen LogP contribution is 2.25. The summed E-state index contributed by atoms with van der Waals surface area (Å²) in [5.74, 6) is 1.89. The van der Waals surface area contributed by atoms with Crippen molar-refractivity contribution < 1.29 is 9.21 Å². The molecule has 3 aromatic rings. The van der Waals surface area contributed by atoms with Crippen LogP contribution in [0.4, 0.5) is 5.69 Å². The average molecular weight is 344 g/mol. The number of benzene rings is 1. The Kier molecular flexibility index (Phi) is 5.15. The van der Waals surface area contributed by atoms with E-state index >= 15 is 0 Å². The lowest BCUT2D eigenvalue weighted by Crippen LogP contribution is -2.14. The van der Waals surface area contributed by atoms with E-state index in [4.69, 9.17) is 4.42 Å². The SMILES string of the molecule is Cc1ccc(NC(=O)CSCc2csc(-c3ccco3)n2)cc1. The standard InChI is InChI=1S/C17H16N2O2S2/c1-12-4-6-13(7-5-12)18-16(20)11-22-9-14-10-23-17(19-14)15-3-2-8-21-15/h2-8,10H,9,11H2,1H3,(H,18,20). The number of furan rings is 1. The van der Waals surface area contributed by atoms with Gasteiger partial charge in [-0.1, -0.05) is 17.7 Å². The van der Waals surface area contributed by atoms with E-state index in [0.29, 0.717) is 11.5 Å². The van der Waals surface area contributed by atoms with Crippen LogP contribution in [0.3, 0.4) is 0 Å². The van der Waals surface area contributed by atoms with Crippen LogP contribution in [0.25, 0.3) is 10.8 Å². The molecule has 0 aliphatic rings. The van der Waals surface area contributed by atoms with Gasteiger partial charge in [-0.25, -0.2) is 4.98 Å². The fraction of sp³-hybridized carbons (Fsp3) is 0.176. The van der Waals surface area contributed by atoms with E-state index in [0.717, 1.165) is 22.1 Å². The van der Waals surface area contributed by atoms with E-state index in [2.05, 4.69) is 10.3 Å². The van der Waals surface area contributed by atoms with Crippen molar-refractivity contribution in [3.05, 3.63) is 59.3 Å². The van der Waals surface area contributed by atoms with Crippen molar-refractivity contribution in [3.8, 4) is 10.8 Å². The highest BCUT2D eigenvalue weighted by Gasteiger charge is 2.08. The number of anilines is 1. The van der Waals surface area contributed by atoms with E-state index in [9.17, 15) is 4.79 Å². The first-order chi connectivity index (χ1) is 11.2. The second kappa shape index (κ2) is 7.48. The number of carbonyl (C=O) groups excluding carboxylic acids is 1. The summed E-state index contributed by atoms with van der Waals surface area (Å²) in [7, 11) is 0. The number of nitrogens with one attached hydrogen (secondary N) is 1. The molecule has 2 heterocycles. The summed E-state index contributed by atoms with van der Waals surface area (Å²) >= 11 is 3.10. The van der Waals surface area contributed by atoms with Crippen LogP contribution in [-0.2, 0) is 10.5 Å². The Morgan fingerprint density at radius 2 is 2.13 bits per heavy atom. The Labute approximate surface area is 142 Å².